The van der Waals surface area contributed by atoms with Crippen molar-refractivity contribution in [2.45, 2.75) is 30.9 Å². The molecule has 0 bridgehead atoms. The second-order valence-electron chi connectivity index (χ2n) is 4.66. The fraction of sp³-hybridized carbons (Fsp3) is 0.545. The molecule has 0 saturated carbocycles. The van der Waals surface area contributed by atoms with E-state index in [1.165, 1.54) is 0 Å². The average molecular weight is 261 g/mol. The molecule has 0 atom stereocenters. The molecular weight excluding hydrogens is 248 g/mol. The molecule has 15 heavy (non-hydrogen) atoms. The van der Waals surface area contributed by atoms with Gasteiger partial charge in [0.2, 0.25) is 0 Å². The Hall–Kier alpha value is 0.01000. The third kappa shape index (κ3) is 1.97. The normalized spacial score (nSPS) is 19.1. The number of carbonyl (C=O) groups excluding carboxylic acids is 1. The van der Waals surface area contributed by atoms with Gasteiger partial charge in [-0.3, -0.25) is 4.79 Å². The van der Waals surface area contributed by atoms with Gasteiger partial charge in [-0.1, -0.05) is 25.4 Å². The van der Waals surface area contributed by atoms with Crippen LogP contribution in [0.1, 0.15) is 36.2 Å². The number of thioether (sulfide) groups is 1. The van der Waals surface area contributed by atoms with Crippen molar-refractivity contribution in [2.75, 3.05) is 6.26 Å². The lowest BCUT2D eigenvalue weighted by molar-refractivity contribution is 0.0910. The maximum Gasteiger partial charge on any atom is 0.165 e. The minimum atomic E-state index is 0.0600. The summed E-state index contributed by atoms with van der Waals surface area (Å²) < 4.78 is 1.88. The number of fused-ring (bicyclic) bond motifs is 1. The molecule has 1 nitrogen and oxygen atoms in total. The maximum atomic E-state index is 12.0. The number of halogens is 1. The van der Waals surface area contributed by atoms with Crippen LogP contribution in [0.25, 0.3) is 0 Å². The van der Waals surface area contributed by atoms with E-state index in [1.807, 2.05) is 6.26 Å². The highest BCUT2D eigenvalue weighted by atomic mass is 35.5. The molecule has 0 fully saturated rings. The van der Waals surface area contributed by atoms with Gasteiger partial charge in [0, 0.05) is 12.0 Å². The van der Waals surface area contributed by atoms with E-state index < -0.39 is 0 Å². The summed E-state index contributed by atoms with van der Waals surface area (Å²) in [4.78, 5) is 12.0. The minimum Gasteiger partial charge on any atom is -0.294 e. The quantitative estimate of drug-likeness (QED) is 0.701. The summed E-state index contributed by atoms with van der Waals surface area (Å²) in [5.74, 6) is 0.258. The van der Waals surface area contributed by atoms with E-state index in [9.17, 15) is 4.79 Å². The van der Waals surface area contributed by atoms with Gasteiger partial charge in [-0.2, -0.15) is 0 Å². The van der Waals surface area contributed by atoms with Crippen molar-refractivity contribution < 1.29 is 4.79 Å². The van der Waals surface area contributed by atoms with Gasteiger partial charge in [-0.25, -0.2) is 0 Å². The molecule has 1 aliphatic rings. The zero-order valence-corrected chi connectivity index (χ0v) is 11.4. The first-order valence-corrected chi connectivity index (χ1v) is 7.25. The van der Waals surface area contributed by atoms with Crippen LogP contribution in [0.5, 0.6) is 0 Å². The van der Waals surface area contributed by atoms with Crippen molar-refractivity contribution in [3.63, 3.8) is 0 Å². The Kier molecular flexibility index (Phi) is 2.91. The second-order valence-corrected chi connectivity index (χ2v) is 7.36. The largest absolute Gasteiger partial charge is 0.294 e. The highest BCUT2D eigenvalue weighted by Gasteiger charge is 2.35. The van der Waals surface area contributed by atoms with E-state index in [0.29, 0.717) is 6.42 Å². The minimum absolute atomic E-state index is 0.0600. The molecule has 0 unspecified atom stereocenters. The van der Waals surface area contributed by atoms with Gasteiger partial charge in [0.25, 0.3) is 0 Å². The van der Waals surface area contributed by atoms with E-state index >= 15 is 0 Å². The topological polar surface area (TPSA) is 17.1 Å². The second kappa shape index (κ2) is 3.79. The smallest absolute Gasteiger partial charge is 0.165 e. The molecule has 82 valence electrons. The standard InChI is InChI=1S/C11H13ClOS2/c1-11(2)4-6-8(7(13)5-11)10(14-3)15-9(6)12/h4-5H2,1-3H3. The lowest BCUT2D eigenvalue weighted by Crippen LogP contribution is -2.26. The lowest BCUT2D eigenvalue weighted by Gasteiger charge is -2.28. The van der Waals surface area contributed by atoms with Crippen molar-refractivity contribution in [1.29, 1.82) is 0 Å². The molecule has 4 heteroatoms. The molecule has 1 aromatic heterocycles. The summed E-state index contributed by atoms with van der Waals surface area (Å²) >= 11 is 9.35. The Labute approximate surface area is 103 Å². The molecular formula is C11H13ClOS2. The van der Waals surface area contributed by atoms with Crippen LogP contribution in [0.4, 0.5) is 0 Å². The summed E-state index contributed by atoms with van der Waals surface area (Å²) in [6, 6.07) is 0. The molecule has 0 N–H and O–H groups in total. The fourth-order valence-corrected chi connectivity index (χ4v) is 4.42. The van der Waals surface area contributed by atoms with Crippen molar-refractivity contribution in [3.8, 4) is 0 Å². The van der Waals surface area contributed by atoms with Crippen LogP contribution in [-0.4, -0.2) is 12.0 Å². The Morgan fingerprint density at radius 3 is 2.67 bits per heavy atom. The van der Waals surface area contributed by atoms with Gasteiger partial charge >= 0.3 is 0 Å². The van der Waals surface area contributed by atoms with Gasteiger partial charge < -0.3 is 0 Å². The van der Waals surface area contributed by atoms with Crippen molar-refractivity contribution >= 4 is 40.5 Å². The zero-order valence-electron chi connectivity index (χ0n) is 9.02. The van der Waals surface area contributed by atoms with E-state index in [-0.39, 0.29) is 11.2 Å². The lowest BCUT2D eigenvalue weighted by atomic mass is 9.75. The summed E-state index contributed by atoms with van der Waals surface area (Å²) in [5, 5.41) is 0. The molecule has 0 spiro atoms. The van der Waals surface area contributed by atoms with E-state index in [1.54, 1.807) is 23.1 Å². The summed E-state index contributed by atoms with van der Waals surface area (Å²) in [6.07, 6.45) is 3.56. The van der Waals surface area contributed by atoms with Crippen LogP contribution >= 0.6 is 34.7 Å². The number of hydrogen-bond donors (Lipinski definition) is 0. The molecule has 0 radical (unpaired) electrons. The zero-order chi connectivity index (χ0) is 11.2. The van der Waals surface area contributed by atoms with Crippen LogP contribution < -0.4 is 0 Å². The molecule has 1 aliphatic carbocycles. The van der Waals surface area contributed by atoms with Crippen molar-refractivity contribution in [1.82, 2.24) is 0 Å². The number of carbonyl (C=O) groups is 1. The maximum absolute atomic E-state index is 12.0. The molecule has 0 saturated heterocycles. The molecule has 0 amide bonds. The Morgan fingerprint density at radius 1 is 1.40 bits per heavy atom. The number of thiophene rings is 1. The number of Topliss-reactive ketones (excluding diaryl/α,β-unsaturated/α-hetero) is 1. The predicted octanol–water partition coefficient (Wildman–Crippen LogP) is 4.28. The van der Waals surface area contributed by atoms with Gasteiger partial charge in [-0.15, -0.1) is 23.1 Å². The first-order chi connectivity index (χ1) is 6.94. The van der Waals surface area contributed by atoms with E-state index in [0.717, 1.165) is 26.1 Å². The monoisotopic (exact) mass is 260 g/mol. The highest BCUT2D eigenvalue weighted by molar-refractivity contribution is 8.00. The van der Waals surface area contributed by atoms with Gasteiger partial charge in [-0.05, 0) is 23.7 Å². The molecule has 0 aliphatic heterocycles. The summed E-state index contributed by atoms with van der Waals surface area (Å²) in [7, 11) is 0. The first-order valence-electron chi connectivity index (χ1n) is 4.83. The van der Waals surface area contributed by atoms with Crippen LogP contribution in [0, 0.1) is 5.41 Å². The van der Waals surface area contributed by atoms with Crippen LogP contribution in [-0.2, 0) is 6.42 Å². The Morgan fingerprint density at radius 2 is 2.07 bits per heavy atom. The van der Waals surface area contributed by atoms with Crippen LogP contribution in [0.15, 0.2) is 4.21 Å². The Balaban J connectivity index is 2.56. The van der Waals surface area contributed by atoms with Gasteiger partial charge in [0.15, 0.2) is 5.78 Å². The summed E-state index contributed by atoms with van der Waals surface area (Å²) in [5.41, 5.74) is 2.04. The third-order valence-electron chi connectivity index (χ3n) is 2.68. The summed E-state index contributed by atoms with van der Waals surface area (Å²) in [6.45, 7) is 4.25. The first kappa shape index (κ1) is 11.5. The number of ketones is 1. The van der Waals surface area contributed by atoms with Crippen LogP contribution in [0.2, 0.25) is 4.34 Å². The molecule has 1 heterocycles. The molecule has 1 aromatic rings. The number of hydrogen-bond acceptors (Lipinski definition) is 3. The van der Waals surface area contributed by atoms with Gasteiger partial charge in [0.1, 0.15) is 0 Å². The highest BCUT2D eigenvalue weighted by Crippen LogP contribution is 2.46. The van der Waals surface area contributed by atoms with Crippen molar-refractivity contribution in [3.05, 3.63) is 15.5 Å². The molecule has 2 rings (SSSR count). The van der Waals surface area contributed by atoms with Crippen molar-refractivity contribution in [2.24, 2.45) is 5.41 Å². The average Bonchev–Trinajstić information content (AvgIpc) is 2.41. The SMILES string of the molecule is CSc1sc(Cl)c2c1C(=O)CC(C)(C)C2. The third-order valence-corrected chi connectivity index (χ3v) is 5.28. The number of rotatable bonds is 1. The Bertz CT molecular complexity index is 420. The molecule has 0 aromatic carbocycles. The van der Waals surface area contributed by atoms with Crippen LogP contribution in [0.3, 0.4) is 0 Å². The fourth-order valence-electron chi connectivity index (χ4n) is 2.06. The van der Waals surface area contributed by atoms with E-state index in [4.69, 9.17) is 11.6 Å². The predicted molar refractivity (Wildman–Crippen MR) is 67.5 cm³/mol. The van der Waals surface area contributed by atoms with Gasteiger partial charge in [0.05, 0.1) is 8.55 Å². The van der Waals surface area contributed by atoms with E-state index in [2.05, 4.69) is 13.8 Å².